The van der Waals surface area contributed by atoms with Crippen LogP contribution in [-0.4, -0.2) is 97.4 Å². The van der Waals surface area contributed by atoms with Gasteiger partial charge >= 0.3 is 17.9 Å². The molecule has 0 aromatic heterocycles. The van der Waals surface area contributed by atoms with Gasteiger partial charge in [0.15, 0.2) is 5.60 Å². The first-order chi connectivity index (χ1) is 33.5. The van der Waals surface area contributed by atoms with Crippen LogP contribution in [0.5, 0.6) is 11.5 Å². The maximum absolute atomic E-state index is 12.7. The molecule has 0 saturated heterocycles. The predicted molar refractivity (Wildman–Crippen MR) is 271 cm³/mol. The molecule has 6 aromatic carbocycles. The highest BCUT2D eigenvalue weighted by Crippen LogP contribution is 2.36. The van der Waals surface area contributed by atoms with Crippen molar-refractivity contribution < 1.29 is 43.5 Å². The second-order valence-corrected chi connectivity index (χ2v) is 16.8. The van der Waals surface area contributed by atoms with Crippen LogP contribution in [0.2, 0.25) is 0 Å². The topological polar surface area (TPSA) is 135 Å². The summed E-state index contributed by atoms with van der Waals surface area (Å²) in [5.41, 5.74) is 8.80. The van der Waals surface area contributed by atoms with Crippen molar-refractivity contribution in [1.29, 1.82) is 0 Å². The second-order valence-electron chi connectivity index (χ2n) is 16.8. The minimum Gasteiger partial charge on any atom is -0.492 e. The zero-order chi connectivity index (χ0) is 49.0. The summed E-state index contributed by atoms with van der Waals surface area (Å²) in [5, 5.41) is 20.7. The first-order valence-electron chi connectivity index (χ1n) is 23.3. The number of benzene rings is 6. The predicted octanol–water partition coefficient (Wildman–Crippen LogP) is 10.3. The van der Waals surface area contributed by atoms with E-state index in [4.69, 9.17) is 18.9 Å². The molecule has 0 aliphatic rings. The van der Waals surface area contributed by atoms with E-state index in [0.717, 1.165) is 46.2 Å². The molecule has 0 aliphatic heterocycles. The van der Waals surface area contributed by atoms with E-state index >= 15 is 0 Å². The van der Waals surface area contributed by atoms with Crippen LogP contribution in [-0.2, 0) is 23.9 Å². The Morgan fingerprint density at radius 2 is 0.768 bits per heavy atom. The molecule has 0 heterocycles. The van der Waals surface area contributed by atoms with E-state index in [9.17, 15) is 24.6 Å². The van der Waals surface area contributed by atoms with Gasteiger partial charge in [0.25, 0.3) is 0 Å². The summed E-state index contributed by atoms with van der Waals surface area (Å²) in [6, 6.07) is 57.3. The molecule has 6 rings (SSSR count). The second kappa shape index (κ2) is 25.7. The molecular weight excluding hydrogens is 869 g/mol. The van der Waals surface area contributed by atoms with Gasteiger partial charge in [-0.2, -0.15) is 0 Å². The third-order valence-electron chi connectivity index (χ3n) is 11.6. The molecule has 0 spiro atoms. The zero-order valence-electron chi connectivity index (χ0n) is 39.9. The zero-order valence-corrected chi connectivity index (χ0v) is 39.9. The molecule has 11 heteroatoms. The summed E-state index contributed by atoms with van der Waals surface area (Å²) in [5.74, 6) is -2.38. The number of esters is 2. The van der Waals surface area contributed by atoms with Crippen molar-refractivity contribution >= 4 is 40.2 Å². The molecule has 0 fully saturated rings. The number of carbonyl (C=O) groups excluding carboxylic acids is 2. The lowest BCUT2D eigenvalue weighted by atomic mass is 9.88. The summed E-state index contributed by atoms with van der Waals surface area (Å²) in [6.45, 7) is 5.25. The summed E-state index contributed by atoms with van der Waals surface area (Å²) in [6.07, 6.45) is -0.196. The van der Waals surface area contributed by atoms with Crippen LogP contribution in [0.3, 0.4) is 0 Å². The van der Waals surface area contributed by atoms with Gasteiger partial charge in [-0.3, -0.25) is 19.4 Å². The Bertz CT molecular complexity index is 2440. The third-order valence-corrected chi connectivity index (χ3v) is 11.6. The van der Waals surface area contributed by atoms with Gasteiger partial charge in [-0.05, 0) is 107 Å². The number of aliphatic hydroxyl groups is 1. The highest BCUT2D eigenvalue weighted by atomic mass is 16.6. The standard InChI is InChI=1S/C58H62N2O9/c1-5-51(43-19-11-7-12-20-43)55(45-23-15-9-16-24-45)47-27-31-49(32-28-47)66-37-35-59(3)41-68-53(61)39-58(65,57(63)64)40-54(62)69-42-60(4)36-38-67-50-33-29-48(30-34-50)56(46-25-17-10-18-26-46)52(6-2)44-21-13-8-14-22-44/h7-34,65H,5-6,35-42H2,1-4H3,(H,63,64)/b55-51-,56-52-. The van der Waals surface area contributed by atoms with E-state index in [1.165, 1.54) is 22.3 Å². The van der Waals surface area contributed by atoms with Gasteiger partial charge in [0.1, 0.15) is 38.2 Å². The van der Waals surface area contributed by atoms with Gasteiger partial charge in [-0.1, -0.05) is 159 Å². The molecule has 0 radical (unpaired) electrons. The normalized spacial score (nSPS) is 12.9. The van der Waals surface area contributed by atoms with Crippen LogP contribution in [0.25, 0.3) is 22.3 Å². The number of carbonyl (C=O) groups is 3. The first-order valence-corrected chi connectivity index (χ1v) is 23.3. The van der Waals surface area contributed by atoms with E-state index in [1.54, 1.807) is 23.9 Å². The Balaban J connectivity index is 0.919. The average molecular weight is 931 g/mol. The van der Waals surface area contributed by atoms with Gasteiger partial charge in [0.2, 0.25) is 0 Å². The van der Waals surface area contributed by atoms with Gasteiger partial charge < -0.3 is 29.2 Å². The molecule has 358 valence electrons. The van der Waals surface area contributed by atoms with Crippen LogP contribution in [0, 0.1) is 0 Å². The van der Waals surface area contributed by atoms with Crippen LogP contribution < -0.4 is 9.47 Å². The summed E-state index contributed by atoms with van der Waals surface area (Å²) >= 11 is 0. The smallest absolute Gasteiger partial charge is 0.336 e. The summed E-state index contributed by atoms with van der Waals surface area (Å²) in [7, 11) is 3.42. The lowest BCUT2D eigenvalue weighted by Crippen LogP contribution is -2.44. The van der Waals surface area contributed by atoms with E-state index in [1.807, 2.05) is 121 Å². The van der Waals surface area contributed by atoms with Gasteiger partial charge in [0.05, 0.1) is 12.8 Å². The van der Waals surface area contributed by atoms with Crippen LogP contribution in [0.1, 0.15) is 72.9 Å². The number of ether oxygens (including phenoxy) is 4. The molecule has 2 N–H and O–H groups in total. The molecule has 0 aliphatic carbocycles. The Morgan fingerprint density at radius 3 is 1.07 bits per heavy atom. The van der Waals surface area contributed by atoms with Gasteiger partial charge in [-0.25, -0.2) is 4.79 Å². The monoisotopic (exact) mass is 930 g/mol. The number of rotatable bonds is 25. The van der Waals surface area contributed by atoms with Crippen molar-refractivity contribution in [3.05, 3.63) is 203 Å². The fraction of sp³-hybridized carbons (Fsp3) is 0.259. The number of hydrogen-bond acceptors (Lipinski definition) is 10. The lowest BCUT2D eigenvalue weighted by Gasteiger charge is -2.23. The molecular formula is C58H62N2O9. The molecule has 69 heavy (non-hydrogen) atoms. The number of nitrogens with zero attached hydrogens (tertiary/aromatic N) is 2. The van der Waals surface area contributed by atoms with Crippen LogP contribution in [0.4, 0.5) is 0 Å². The van der Waals surface area contributed by atoms with E-state index in [0.29, 0.717) is 24.6 Å². The number of aliphatic carboxylic acids is 1. The summed E-state index contributed by atoms with van der Waals surface area (Å²) < 4.78 is 22.5. The molecule has 0 atom stereocenters. The lowest BCUT2D eigenvalue weighted by molar-refractivity contribution is -0.175. The van der Waals surface area contributed by atoms with E-state index in [-0.39, 0.29) is 26.7 Å². The fourth-order valence-corrected chi connectivity index (χ4v) is 7.93. The highest BCUT2D eigenvalue weighted by Gasteiger charge is 2.42. The molecule has 0 bridgehead atoms. The van der Waals surface area contributed by atoms with Gasteiger partial charge in [0, 0.05) is 13.1 Å². The van der Waals surface area contributed by atoms with Crippen molar-refractivity contribution in [3.63, 3.8) is 0 Å². The maximum atomic E-state index is 12.7. The highest BCUT2D eigenvalue weighted by molar-refractivity contribution is 5.99. The first kappa shape index (κ1) is 51.1. The van der Waals surface area contributed by atoms with E-state index in [2.05, 4.69) is 62.4 Å². The van der Waals surface area contributed by atoms with Crippen molar-refractivity contribution in [2.45, 2.75) is 45.1 Å². The molecule has 0 saturated carbocycles. The quantitative estimate of drug-likeness (QED) is 0.0323. The largest absolute Gasteiger partial charge is 0.492 e. The number of likely N-dealkylation sites (N-methyl/N-ethyl adjacent to an activating group) is 2. The minimum atomic E-state index is -2.72. The van der Waals surface area contributed by atoms with Crippen molar-refractivity contribution in [3.8, 4) is 11.5 Å². The molecule has 6 aromatic rings. The Morgan fingerprint density at radius 1 is 0.464 bits per heavy atom. The molecule has 0 amide bonds. The summed E-state index contributed by atoms with van der Waals surface area (Å²) in [4.78, 5) is 40.9. The number of hydrogen-bond donors (Lipinski definition) is 2. The SMILES string of the molecule is CC/C(=C(\c1ccccc1)c1ccc(OCCN(C)COC(=O)CC(O)(CC(=O)OCN(C)CCOc2ccc(/C(=C(/CC)c3ccccc3)c3ccccc3)cc2)C(=O)O)cc1)c1ccccc1. The average Bonchev–Trinajstić information content (AvgIpc) is 3.37. The molecule has 0 unspecified atom stereocenters. The number of allylic oxidation sites excluding steroid dienone is 2. The van der Waals surface area contributed by atoms with Crippen molar-refractivity contribution in [2.75, 3.05) is 53.9 Å². The third kappa shape index (κ3) is 14.8. The Hall–Kier alpha value is -7.31. The Labute approximate surface area is 405 Å². The minimum absolute atomic E-state index is 0.192. The van der Waals surface area contributed by atoms with E-state index < -0.39 is 36.4 Å². The molecule has 11 nitrogen and oxygen atoms in total. The van der Waals surface area contributed by atoms with Crippen molar-refractivity contribution in [2.24, 2.45) is 0 Å². The number of carboxylic acids is 1. The Kier molecular flexibility index (Phi) is 19.0. The maximum Gasteiger partial charge on any atom is 0.336 e. The van der Waals surface area contributed by atoms with Crippen LogP contribution in [0.15, 0.2) is 170 Å². The van der Waals surface area contributed by atoms with Crippen molar-refractivity contribution in [1.82, 2.24) is 9.80 Å². The fourth-order valence-electron chi connectivity index (χ4n) is 7.93. The van der Waals surface area contributed by atoms with Gasteiger partial charge in [-0.15, -0.1) is 0 Å². The van der Waals surface area contributed by atoms with Crippen LogP contribution >= 0.6 is 0 Å². The number of carboxylic acid groups (broad SMARTS) is 1.